The lowest BCUT2D eigenvalue weighted by molar-refractivity contribution is -0.157. The van der Waals surface area contributed by atoms with Crippen LogP contribution in [0.3, 0.4) is 0 Å². The largest absolute Gasteiger partial charge is 0.467 e. The van der Waals surface area contributed by atoms with Gasteiger partial charge in [-0.25, -0.2) is 4.79 Å². The molecular weight excluding hydrogens is 314 g/mol. The van der Waals surface area contributed by atoms with Crippen LogP contribution < -0.4 is 0 Å². The molecule has 5 nitrogen and oxygen atoms in total. The van der Waals surface area contributed by atoms with Crippen molar-refractivity contribution in [1.82, 2.24) is 4.90 Å². The molecule has 2 aliphatic rings. The Morgan fingerprint density at radius 1 is 1.48 bits per heavy atom. The Morgan fingerprint density at radius 2 is 2.14 bits per heavy atom. The van der Waals surface area contributed by atoms with Crippen molar-refractivity contribution < 1.29 is 19.1 Å². The van der Waals surface area contributed by atoms with E-state index in [1.54, 1.807) is 17.8 Å². The minimum Gasteiger partial charge on any atom is -0.467 e. The van der Waals surface area contributed by atoms with E-state index in [9.17, 15) is 14.4 Å². The Labute approximate surface area is 133 Å². The number of hydrogen-bond acceptors (Lipinski definition) is 5. The van der Waals surface area contributed by atoms with Crippen LogP contribution in [0, 0.1) is 11.8 Å². The van der Waals surface area contributed by atoms with Crippen molar-refractivity contribution in [2.75, 3.05) is 19.1 Å². The highest BCUT2D eigenvalue weighted by Crippen LogP contribution is 2.40. The third-order valence-electron chi connectivity index (χ3n) is 3.98. The van der Waals surface area contributed by atoms with Gasteiger partial charge in [-0.2, -0.15) is 11.8 Å². The molecule has 1 aliphatic carbocycles. The molecule has 0 unspecified atom stereocenters. The highest BCUT2D eigenvalue weighted by molar-refractivity contribution is 7.98. The van der Waals surface area contributed by atoms with Crippen LogP contribution >= 0.6 is 23.4 Å². The maximum absolute atomic E-state index is 12.5. The number of nitrogens with zero attached hydrogens (tertiary/aromatic N) is 1. The van der Waals surface area contributed by atoms with E-state index >= 15 is 0 Å². The lowest BCUT2D eigenvalue weighted by Crippen LogP contribution is -2.46. The van der Waals surface area contributed by atoms with Gasteiger partial charge in [0, 0.05) is 5.03 Å². The lowest BCUT2D eigenvalue weighted by Gasteiger charge is -2.24. The van der Waals surface area contributed by atoms with Crippen LogP contribution in [0.5, 0.6) is 0 Å². The Bertz CT molecular complexity index is 493. The Balaban J connectivity index is 2.23. The van der Waals surface area contributed by atoms with Crippen LogP contribution in [0.15, 0.2) is 11.1 Å². The molecule has 21 heavy (non-hydrogen) atoms. The molecule has 3 atom stereocenters. The first-order valence-corrected chi connectivity index (χ1v) is 8.56. The maximum atomic E-state index is 12.5. The number of thioether (sulfide) groups is 1. The number of halogens is 1. The third-order valence-corrected chi connectivity index (χ3v) is 4.94. The fourth-order valence-electron chi connectivity index (χ4n) is 2.88. The Kier molecular flexibility index (Phi) is 5.32. The maximum Gasteiger partial charge on any atom is 0.329 e. The highest BCUT2D eigenvalue weighted by Gasteiger charge is 2.52. The molecule has 0 spiro atoms. The SMILES string of the molecule is COC(=O)[C@H](CCSC)N1C(=O)[C@@H]2CC=C(Cl)C[C@H]2C1=O. The van der Waals surface area contributed by atoms with Gasteiger partial charge in [-0.3, -0.25) is 14.5 Å². The van der Waals surface area contributed by atoms with E-state index in [0.29, 0.717) is 30.0 Å². The van der Waals surface area contributed by atoms with Crippen LogP contribution in [-0.4, -0.2) is 47.8 Å². The number of allylic oxidation sites excluding steroid dienone is 2. The van der Waals surface area contributed by atoms with Gasteiger partial charge in [0.15, 0.2) is 0 Å². The van der Waals surface area contributed by atoms with Crippen molar-refractivity contribution in [2.45, 2.75) is 25.3 Å². The predicted octanol–water partition coefficient (Wildman–Crippen LogP) is 1.80. The number of imide groups is 1. The van der Waals surface area contributed by atoms with E-state index in [2.05, 4.69) is 0 Å². The number of methoxy groups -OCH3 is 1. The third kappa shape index (κ3) is 3.11. The first-order chi connectivity index (χ1) is 10.0. The highest BCUT2D eigenvalue weighted by atomic mass is 35.5. The quantitative estimate of drug-likeness (QED) is 0.568. The molecule has 0 bridgehead atoms. The normalized spacial score (nSPS) is 26.4. The Hall–Kier alpha value is -1.01. The van der Waals surface area contributed by atoms with Gasteiger partial charge in [0.2, 0.25) is 11.8 Å². The molecule has 1 saturated heterocycles. The summed E-state index contributed by atoms with van der Waals surface area (Å²) in [4.78, 5) is 38.1. The van der Waals surface area contributed by atoms with Crippen LogP contribution in [-0.2, 0) is 19.1 Å². The van der Waals surface area contributed by atoms with Gasteiger partial charge in [0.25, 0.3) is 0 Å². The van der Waals surface area contributed by atoms with Crippen molar-refractivity contribution in [3.05, 3.63) is 11.1 Å². The molecule has 0 radical (unpaired) electrons. The summed E-state index contributed by atoms with van der Waals surface area (Å²) in [5, 5.41) is 0.609. The number of fused-ring (bicyclic) bond motifs is 1. The summed E-state index contributed by atoms with van der Waals surface area (Å²) in [6, 6.07) is -0.827. The van der Waals surface area contributed by atoms with Crippen molar-refractivity contribution >= 4 is 41.1 Å². The molecule has 1 aliphatic heterocycles. The topological polar surface area (TPSA) is 63.7 Å². The van der Waals surface area contributed by atoms with E-state index in [0.717, 1.165) is 4.90 Å². The molecule has 0 saturated carbocycles. The first kappa shape index (κ1) is 16.4. The molecule has 0 aromatic heterocycles. The number of amides is 2. The van der Waals surface area contributed by atoms with Crippen LogP contribution in [0.1, 0.15) is 19.3 Å². The van der Waals surface area contributed by atoms with Gasteiger partial charge in [0.1, 0.15) is 6.04 Å². The summed E-state index contributed by atoms with van der Waals surface area (Å²) < 4.78 is 4.76. The van der Waals surface area contributed by atoms with Gasteiger partial charge in [-0.1, -0.05) is 17.7 Å². The van der Waals surface area contributed by atoms with Crippen LogP contribution in [0.25, 0.3) is 0 Å². The number of likely N-dealkylation sites (tertiary alicyclic amines) is 1. The minimum absolute atomic E-state index is 0.276. The number of rotatable bonds is 5. The van der Waals surface area contributed by atoms with Gasteiger partial charge < -0.3 is 4.74 Å². The molecule has 2 rings (SSSR count). The van der Waals surface area contributed by atoms with E-state index in [-0.39, 0.29) is 17.7 Å². The number of carbonyl (C=O) groups is 3. The van der Waals surface area contributed by atoms with Gasteiger partial charge in [-0.15, -0.1) is 0 Å². The molecule has 0 aromatic carbocycles. The number of ether oxygens (including phenoxy) is 1. The standard InChI is InChI=1S/C14H18ClNO4S/c1-20-14(19)11(5-6-21-2)16-12(17)9-4-3-8(15)7-10(9)13(16)18/h3,9-11H,4-7H2,1-2H3/t9-,10-,11+/m1/s1. The molecule has 116 valence electrons. The second-order valence-corrected chi connectivity index (χ2v) is 6.64. The fraction of sp³-hybridized carbons (Fsp3) is 0.643. The molecular formula is C14H18ClNO4S. The summed E-state index contributed by atoms with van der Waals surface area (Å²) >= 11 is 7.54. The van der Waals surface area contributed by atoms with Crippen molar-refractivity contribution in [3.8, 4) is 0 Å². The lowest BCUT2D eigenvalue weighted by atomic mass is 9.85. The zero-order valence-electron chi connectivity index (χ0n) is 12.0. The zero-order valence-corrected chi connectivity index (χ0v) is 13.6. The van der Waals surface area contributed by atoms with E-state index in [1.165, 1.54) is 7.11 Å². The summed E-state index contributed by atoms with van der Waals surface area (Å²) in [6.45, 7) is 0. The molecule has 0 aromatic rings. The first-order valence-electron chi connectivity index (χ1n) is 6.79. The minimum atomic E-state index is -0.827. The van der Waals surface area contributed by atoms with Crippen molar-refractivity contribution in [3.63, 3.8) is 0 Å². The van der Waals surface area contributed by atoms with Gasteiger partial charge in [-0.05, 0) is 31.3 Å². The second kappa shape index (κ2) is 6.83. The monoisotopic (exact) mass is 331 g/mol. The molecule has 2 amide bonds. The average Bonchev–Trinajstić information content (AvgIpc) is 2.71. The molecule has 1 fully saturated rings. The molecule has 7 heteroatoms. The van der Waals surface area contributed by atoms with Crippen LogP contribution in [0.4, 0.5) is 0 Å². The Morgan fingerprint density at radius 3 is 2.76 bits per heavy atom. The number of hydrogen-bond donors (Lipinski definition) is 0. The second-order valence-electron chi connectivity index (χ2n) is 5.17. The van der Waals surface area contributed by atoms with E-state index < -0.39 is 17.9 Å². The van der Waals surface area contributed by atoms with E-state index in [1.807, 2.05) is 6.26 Å². The number of esters is 1. The van der Waals surface area contributed by atoms with Crippen LogP contribution in [0.2, 0.25) is 0 Å². The van der Waals surface area contributed by atoms with Gasteiger partial charge >= 0.3 is 5.97 Å². The zero-order chi connectivity index (χ0) is 15.6. The number of carbonyl (C=O) groups excluding carboxylic acids is 3. The van der Waals surface area contributed by atoms with Gasteiger partial charge in [0.05, 0.1) is 18.9 Å². The molecule has 1 heterocycles. The summed E-state index contributed by atoms with van der Waals surface area (Å²) in [7, 11) is 1.27. The van der Waals surface area contributed by atoms with Crippen molar-refractivity contribution in [2.24, 2.45) is 11.8 Å². The summed E-state index contributed by atoms with van der Waals surface area (Å²) in [5.74, 6) is -1.26. The summed E-state index contributed by atoms with van der Waals surface area (Å²) in [5.41, 5.74) is 0. The predicted molar refractivity (Wildman–Crippen MR) is 80.8 cm³/mol. The van der Waals surface area contributed by atoms with Crippen molar-refractivity contribution in [1.29, 1.82) is 0 Å². The van der Waals surface area contributed by atoms with E-state index in [4.69, 9.17) is 16.3 Å². The smallest absolute Gasteiger partial charge is 0.329 e. The molecule has 0 N–H and O–H groups in total. The summed E-state index contributed by atoms with van der Waals surface area (Å²) in [6.07, 6.45) is 4.94. The average molecular weight is 332 g/mol. The fourth-order valence-corrected chi connectivity index (χ4v) is 3.59.